The number of aliphatic hydroxyl groups excluding tert-OH is 1. The van der Waals surface area contributed by atoms with Gasteiger partial charge in [-0.05, 0) is 25.2 Å². The first-order valence-electron chi connectivity index (χ1n) is 6.71. The SMILES string of the molecule is CN(C)CC(O)C(O)(c1ccccc1)c1ccccc1.Cl. The number of hydrogen-bond donors (Lipinski definition) is 2. The van der Waals surface area contributed by atoms with Gasteiger partial charge in [0, 0.05) is 6.54 Å². The first kappa shape index (κ1) is 17.7. The molecule has 0 bridgehead atoms. The Hall–Kier alpha value is -1.39. The maximum absolute atomic E-state index is 11.2. The smallest absolute Gasteiger partial charge is 0.142 e. The van der Waals surface area contributed by atoms with Crippen molar-refractivity contribution < 1.29 is 10.2 Å². The summed E-state index contributed by atoms with van der Waals surface area (Å²) in [4.78, 5) is 1.86. The molecule has 3 nitrogen and oxygen atoms in total. The summed E-state index contributed by atoms with van der Waals surface area (Å²) >= 11 is 0. The summed E-state index contributed by atoms with van der Waals surface area (Å²) < 4.78 is 0. The van der Waals surface area contributed by atoms with Crippen LogP contribution in [0.3, 0.4) is 0 Å². The molecule has 2 rings (SSSR count). The topological polar surface area (TPSA) is 43.7 Å². The zero-order valence-corrected chi connectivity index (χ0v) is 13.1. The summed E-state index contributed by atoms with van der Waals surface area (Å²) in [5.74, 6) is 0. The van der Waals surface area contributed by atoms with Crippen molar-refractivity contribution in [3.8, 4) is 0 Å². The van der Waals surface area contributed by atoms with E-state index in [0.717, 1.165) is 0 Å². The van der Waals surface area contributed by atoms with E-state index in [2.05, 4.69) is 0 Å². The van der Waals surface area contributed by atoms with E-state index in [0.29, 0.717) is 17.7 Å². The molecule has 0 aromatic heterocycles. The lowest BCUT2D eigenvalue weighted by atomic mass is 9.81. The van der Waals surface area contributed by atoms with Gasteiger partial charge in [-0.15, -0.1) is 12.4 Å². The van der Waals surface area contributed by atoms with Gasteiger partial charge in [0.05, 0.1) is 0 Å². The van der Waals surface area contributed by atoms with Crippen LogP contribution in [-0.4, -0.2) is 41.9 Å². The summed E-state index contributed by atoms with van der Waals surface area (Å²) in [6, 6.07) is 18.6. The van der Waals surface area contributed by atoms with Crippen molar-refractivity contribution in [1.82, 2.24) is 4.90 Å². The van der Waals surface area contributed by atoms with Crippen LogP contribution in [0.2, 0.25) is 0 Å². The molecule has 0 saturated heterocycles. The molecule has 0 radical (unpaired) electrons. The normalized spacial score (nSPS) is 12.8. The van der Waals surface area contributed by atoms with Crippen molar-refractivity contribution in [3.63, 3.8) is 0 Å². The van der Waals surface area contributed by atoms with Crippen LogP contribution in [-0.2, 0) is 5.60 Å². The monoisotopic (exact) mass is 307 g/mol. The number of aliphatic hydroxyl groups is 2. The number of benzene rings is 2. The number of hydrogen-bond acceptors (Lipinski definition) is 3. The van der Waals surface area contributed by atoms with Crippen LogP contribution in [0.15, 0.2) is 60.7 Å². The Kier molecular flexibility index (Phi) is 6.37. The van der Waals surface area contributed by atoms with Gasteiger partial charge in [-0.1, -0.05) is 60.7 Å². The van der Waals surface area contributed by atoms with E-state index in [1.807, 2.05) is 79.7 Å². The molecule has 0 saturated carbocycles. The molecule has 2 N–H and O–H groups in total. The molecule has 0 spiro atoms. The van der Waals surface area contributed by atoms with Crippen molar-refractivity contribution in [2.45, 2.75) is 11.7 Å². The van der Waals surface area contributed by atoms with E-state index in [-0.39, 0.29) is 12.4 Å². The Labute approximate surface area is 132 Å². The molecule has 0 amide bonds. The van der Waals surface area contributed by atoms with Crippen LogP contribution in [0.25, 0.3) is 0 Å². The van der Waals surface area contributed by atoms with Crippen LogP contribution < -0.4 is 0 Å². The largest absolute Gasteiger partial charge is 0.388 e. The van der Waals surface area contributed by atoms with E-state index in [4.69, 9.17) is 0 Å². The fourth-order valence-electron chi connectivity index (χ4n) is 2.41. The third-order valence-electron chi connectivity index (χ3n) is 3.45. The molecule has 1 atom stereocenters. The molecule has 0 aliphatic carbocycles. The third-order valence-corrected chi connectivity index (χ3v) is 3.45. The average Bonchev–Trinajstić information content (AvgIpc) is 2.47. The molecule has 0 aliphatic heterocycles. The molecule has 0 heterocycles. The molecule has 114 valence electrons. The van der Waals surface area contributed by atoms with Crippen LogP contribution in [0, 0.1) is 0 Å². The summed E-state index contributed by atoms with van der Waals surface area (Å²) in [7, 11) is 3.75. The second kappa shape index (κ2) is 7.57. The van der Waals surface area contributed by atoms with E-state index in [1.165, 1.54) is 0 Å². The van der Waals surface area contributed by atoms with E-state index >= 15 is 0 Å². The Bertz CT molecular complexity index is 492. The first-order chi connectivity index (χ1) is 9.55. The highest BCUT2D eigenvalue weighted by molar-refractivity contribution is 5.85. The van der Waals surface area contributed by atoms with Crippen LogP contribution >= 0.6 is 12.4 Å². The van der Waals surface area contributed by atoms with Gasteiger partial charge in [-0.3, -0.25) is 0 Å². The van der Waals surface area contributed by atoms with Crippen LogP contribution in [0.1, 0.15) is 11.1 Å². The molecule has 2 aromatic carbocycles. The minimum atomic E-state index is -1.41. The van der Waals surface area contributed by atoms with Gasteiger partial charge in [-0.2, -0.15) is 0 Å². The lowest BCUT2D eigenvalue weighted by molar-refractivity contribution is -0.0587. The molecule has 4 heteroatoms. The summed E-state index contributed by atoms with van der Waals surface area (Å²) in [6.45, 7) is 0.375. The van der Waals surface area contributed by atoms with Crippen molar-refractivity contribution in [2.75, 3.05) is 20.6 Å². The Morgan fingerprint density at radius 3 is 1.62 bits per heavy atom. The van der Waals surface area contributed by atoms with E-state index in [1.54, 1.807) is 0 Å². The fraction of sp³-hybridized carbons (Fsp3) is 0.294. The summed E-state index contributed by atoms with van der Waals surface area (Å²) in [5.41, 5.74) is -0.0200. The second-order valence-corrected chi connectivity index (χ2v) is 5.28. The van der Waals surface area contributed by atoms with Crippen LogP contribution in [0.5, 0.6) is 0 Å². The number of likely N-dealkylation sites (N-methyl/N-ethyl adjacent to an activating group) is 1. The first-order valence-corrected chi connectivity index (χ1v) is 6.71. The predicted molar refractivity (Wildman–Crippen MR) is 87.7 cm³/mol. The van der Waals surface area contributed by atoms with Gasteiger partial charge in [0.2, 0.25) is 0 Å². The Balaban J connectivity index is 0.00000220. The van der Waals surface area contributed by atoms with Crippen LogP contribution in [0.4, 0.5) is 0 Å². The van der Waals surface area contributed by atoms with Crippen molar-refractivity contribution >= 4 is 12.4 Å². The van der Waals surface area contributed by atoms with Crippen molar-refractivity contribution in [1.29, 1.82) is 0 Å². The van der Waals surface area contributed by atoms with E-state index in [9.17, 15) is 10.2 Å². The average molecular weight is 308 g/mol. The third kappa shape index (κ3) is 3.83. The highest BCUT2D eigenvalue weighted by Gasteiger charge is 2.39. The second-order valence-electron chi connectivity index (χ2n) is 5.28. The fourth-order valence-corrected chi connectivity index (χ4v) is 2.41. The van der Waals surface area contributed by atoms with Gasteiger partial charge in [0.15, 0.2) is 0 Å². The summed E-state index contributed by atoms with van der Waals surface area (Å²) in [6.07, 6.45) is -0.915. The highest BCUT2D eigenvalue weighted by Crippen LogP contribution is 2.33. The number of halogens is 1. The molecular formula is C17H22ClNO2. The minimum Gasteiger partial charge on any atom is -0.388 e. The highest BCUT2D eigenvalue weighted by atomic mass is 35.5. The Morgan fingerprint density at radius 2 is 1.29 bits per heavy atom. The molecule has 0 aliphatic rings. The lowest BCUT2D eigenvalue weighted by Gasteiger charge is -2.35. The molecular weight excluding hydrogens is 286 g/mol. The minimum absolute atomic E-state index is 0. The van der Waals surface area contributed by atoms with Gasteiger partial charge in [0.25, 0.3) is 0 Å². The number of nitrogens with zero attached hydrogens (tertiary/aromatic N) is 1. The molecule has 1 unspecified atom stereocenters. The zero-order chi connectivity index (χ0) is 14.6. The standard InChI is InChI=1S/C17H21NO2.ClH/c1-18(2)13-16(19)17(20,14-9-5-3-6-10-14)15-11-7-4-8-12-15;/h3-12,16,19-20H,13H2,1-2H3;1H. The number of rotatable bonds is 5. The van der Waals surface area contributed by atoms with Gasteiger partial charge in [0.1, 0.15) is 11.7 Å². The van der Waals surface area contributed by atoms with Crippen molar-refractivity contribution in [2.24, 2.45) is 0 Å². The van der Waals surface area contributed by atoms with Gasteiger partial charge >= 0.3 is 0 Å². The summed E-state index contributed by atoms with van der Waals surface area (Å²) in [5, 5.41) is 21.7. The Morgan fingerprint density at radius 1 is 0.905 bits per heavy atom. The maximum Gasteiger partial charge on any atom is 0.142 e. The molecule has 2 aromatic rings. The predicted octanol–water partition coefficient (Wildman–Crippen LogP) is 2.27. The quantitative estimate of drug-likeness (QED) is 0.890. The van der Waals surface area contributed by atoms with E-state index < -0.39 is 11.7 Å². The lowest BCUT2D eigenvalue weighted by Crippen LogP contribution is -2.46. The maximum atomic E-state index is 11.2. The van der Waals surface area contributed by atoms with Gasteiger partial charge in [-0.25, -0.2) is 0 Å². The van der Waals surface area contributed by atoms with Crippen molar-refractivity contribution in [3.05, 3.63) is 71.8 Å². The van der Waals surface area contributed by atoms with Gasteiger partial charge < -0.3 is 15.1 Å². The molecule has 21 heavy (non-hydrogen) atoms. The zero-order valence-electron chi connectivity index (χ0n) is 12.3. The molecule has 0 fully saturated rings.